The summed E-state index contributed by atoms with van der Waals surface area (Å²) in [6.45, 7) is 3.11. The highest BCUT2D eigenvalue weighted by Crippen LogP contribution is 2.19. The number of pyridine rings is 1. The number of methoxy groups -OCH3 is 1. The van der Waals surface area contributed by atoms with Crippen LogP contribution in [-0.4, -0.2) is 30.9 Å². The molecule has 0 spiro atoms. The Bertz CT molecular complexity index is 737. The molecule has 0 amide bonds. The normalized spacial score (nSPS) is 10.8. The highest BCUT2D eigenvalue weighted by atomic mass is 16.5. The van der Waals surface area contributed by atoms with Crippen molar-refractivity contribution in [3.8, 4) is 0 Å². The molecule has 1 aromatic heterocycles. The number of carbonyl (C=O) groups excluding carboxylic acids is 1. The molecule has 2 N–H and O–H groups in total. The van der Waals surface area contributed by atoms with Crippen LogP contribution in [0.15, 0.2) is 29.2 Å². The molecular formula is C16H20N2O4. The Morgan fingerprint density at radius 1 is 1.36 bits per heavy atom. The van der Waals surface area contributed by atoms with Crippen LogP contribution >= 0.6 is 0 Å². The van der Waals surface area contributed by atoms with Crippen LogP contribution in [0.5, 0.6) is 0 Å². The van der Waals surface area contributed by atoms with Crippen LogP contribution in [0.3, 0.4) is 0 Å². The molecule has 0 saturated heterocycles. The second kappa shape index (κ2) is 7.09. The first-order chi connectivity index (χ1) is 10.6. The molecule has 0 fully saturated rings. The molecule has 22 heavy (non-hydrogen) atoms. The second-order valence-electron chi connectivity index (χ2n) is 4.87. The predicted molar refractivity (Wildman–Crippen MR) is 85.1 cm³/mol. The lowest BCUT2D eigenvalue weighted by Gasteiger charge is -2.14. The average Bonchev–Trinajstić information content (AvgIpc) is 2.50. The number of hydrogen-bond donors (Lipinski definition) is 1. The van der Waals surface area contributed by atoms with Gasteiger partial charge in [0.05, 0.1) is 17.5 Å². The van der Waals surface area contributed by atoms with E-state index in [1.807, 2.05) is 10.6 Å². The van der Waals surface area contributed by atoms with Gasteiger partial charge in [-0.05, 0) is 25.5 Å². The predicted octanol–water partition coefficient (Wildman–Crippen LogP) is 1.80. The Labute approximate surface area is 128 Å². The number of nitrogens with two attached hydrogens (primary N) is 1. The minimum absolute atomic E-state index is 0.00432. The van der Waals surface area contributed by atoms with Gasteiger partial charge in [0.25, 0.3) is 0 Å². The van der Waals surface area contributed by atoms with Crippen molar-refractivity contribution < 1.29 is 14.3 Å². The number of esters is 1. The summed E-state index contributed by atoms with van der Waals surface area (Å²) in [7, 11) is 1.63. The molecule has 6 nitrogen and oxygen atoms in total. The highest BCUT2D eigenvalue weighted by Gasteiger charge is 2.17. The summed E-state index contributed by atoms with van der Waals surface area (Å²) in [5, 5.41) is 0.352. The van der Waals surface area contributed by atoms with Gasteiger partial charge in [-0.3, -0.25) is 4.79 Å². The van der Waals surface area contributed by atoms with Crippen molar-refractivity contribution >= 4 is 22.6 Å². The molecule has 0 saturated carbocycles. The summed E-state index contributed by atoms with van der Waals surface area (Å²) in [4.78, 5) is 24.5. The number of aryl methyl sites for hydroxylation is 1. The second-order valence-corrected chi connectivity index (χ2v) is 4.87. The largest absolute Gasteiger partial charge is 0.462 e. The van der Waals surface area contributed by atoms with Crippen LogP contribution in [0.1, 0.15) is 23.7 Å². The van der Waals surface area contributed by atoms with Crippen LogP contribution in [0.25, 0.3) is 10.9 Å². The standard InChI is InChI=1S/C16H20N2O4/c1-3-22-16(20)11-10-18(8-5-9-21-2)13-7-4-6-12(17)14(13)15(11)19/h4,6-7,10H,3,5,8-9,17H2,1-2H3. The van der Waals surface area contributed by atoms with E-state index >= 15 is 0 Å². The van der Waals surface area contributed by atoms with E-state index in [0.29, 0.717) is 29.7 Å². The Morgan fingerprint density at radius 2 is 2.14 bits per heavy atom. The lowest BCUT2D eigenvalue weighted by Crippen LogP contribution is -2.22. The number of nitrogens with zero attached hydrogens (tertiary/aromatic N) is 1. The maximum atomic E-state index is 12.5. The minimum atomic E-state index is -0.627. The lowest BCUT2D eigenvalue weighted by molar-refractivity contribution is 0.0524. The van der Waals surface area contributed by atoms with Crippen molar-refractivity contribution in [1.29, 1.82) is 0 Å². The summed E-state index contributed by atoms with van der Waals surface area (Å²) < 4.78 is 11.9. The molecule has 6 heteroatoms. The number of hydrogen-bond acceptors (Lipinski definition) is 5. The molecule has 1 aromatic carbocycles. The van der Waals surface area contributed by atoms with Crippen LogP contribution < -0.4 is 11.2 Å². The summed E-state index contributed by atoms with van der Waals surface area (Å²) in [5.41, 5.74) is 6.60. The van der Waals surface area contributed by atoms with Gasteiger partial charge in [-0.25, -0.2) is 4.79 Å². The fraction of sp³-hybridized carbons (Fsp3) is 0.375. The third-order valence-electron chi connectivity index (χ3n) is 3.38. The third-order valence-corrected chi connectivity index (χ3v) is 3.38. The average molecular weight is 304 g/mol. The van der Waals surface area contributed by atoms with Crippen molar-refractivity contribution in [1.82, 2.24) is 4.57 Å². The van der Waals surface area contributed by atoms with Crippen molar-refractivity contribution in [2.24, 2.45) is 0 Å². The monoisotopic (exact) mass is 304 g/mol. The Kier molecular flexibility index (Phi) is 5.16. The number of aromatic nitrogens is 1. The zero-order valence-corrected chi connectivity index (χ0v) is 12.8. The Balaban J connectivity index is 2.61. The molecule has 1 heterocycles. The number of benzene rings is 1. The fourth-order valence-electron chi connectivity index (χ4n) is 2.38. The first-order valence-electron chi connectivity index (χ1n) is 7.17. The first kappa shape index (κ1) is 16.0. The van der Waals surface area contributed by atoms with Gasteiger partial charge in [-0.2, -0.15) is 0 Å². The van der Waals surface area contributed by atoms with Crippen molar-refractivity contribution in [2.45, 2.75) is 19.9 Å². The number of ether oxygens (including phenoxy) is 2. The lowest BCUT2D eigenvalue weighted by atomic mass is 10.1. The molecule has 0 radical (unpaired) electrons. The van der Waals surface area contributed by atoms with Crippen LogP contribution in [0, 0.1) is 0 Å². The van der Waals surface area contributed by atoms with E-state index in [-0.39, 0.29) is 12.2 Å². The zero-order valence-electron chi connectivity index (χ0n) is 12.8. The van der Waals surface area contributed by atoms with Crippen LogP contribution in [0.2, 0.25) is 0 Å². The van der Waals surface area contributed by atoms with Gasteiger partial charge < -0.3 is 19.8 Å². The third kappa shape index (κ3) is 3.12. The zero-order chi connectivity index (χ0) is 16.1. The molecule has 0 aliphatic heterocycles. The summed E-state index contributed by atoms with van der Waals surface area (Å²) in [6.07, 6.45) is 2.29. The van der Waals surface area contributed by atoms with E-state index in [1.165, 1.54) is 6.20 Å². The van der Waals surface area contributed by atoms with E-state index < -0.39 is 11.4 Å². The van der Waals surface area contributed by atoms with Gasteiger partial charge in [0.15, 0.2) is 0 Å². The number of rotatable bonds is 6. The quantitative estimate of drug-likeness (QED) is 0.500. The van der Waals surface area contributed by atoms with E-state index in [9.17, 15) is 9.59 Å². The van der Waals surface area contributed by atoms with Gasteiger partial charge in [-0.15, -0.1) is 0 Å². The number of anilines is 1. The topological polar surface area (TPSA) is 83.6 Å². The molecule has 2 rings (SSSR count). The van der Waals surface area contributed by atoms with Gasteiger partial charge in [0.2, 0.25) is 5.43 Å². The van der Waals surface area contributed by atoms with E-state index in [1.54, 1.807) is 26.2 Å². The van der Waals surface area contributed by atoms with Crippen LogP contribution in [0.4, 0.5) is 5.69 Å². The Hall–Kier alpha value is -2.34. The van der Waals surface area contributed by atoms with Crippen molar-refractivity contribution in [3.63, 3.8) is 0 Å². The number of carbonyl (C=O) groups is 1. The first-order valence-corrected chi connectivity index (χ1v) is 7.17. The summed E-state index contributed by atoms with van der Waals surface area (Å²) in [5.74, 6) is -0.627. The van der Waals surface area contributed by atoms with E-state index in [4.69, 9.17) is 15.2 Å². The molecule has 0 bridgehead atoms. The molecular weight excluding hydrogens is 284 g/mol. The maximum Gasteiger partial charge on any atom is 0.343 e. The molecule has 0 aliphatic carbocycles. The van der Waals surface area contributed by atoms with Gasteiger partial charge in [0.1, 0.15) is 5.56 Å². The molecule has 0 atom stereocenters. The smallest absolute Gasteiger partial charge is 0.343 e. The van der Waals surface area contributed by atoms with E-state index in [0.717, 1.165) is 6.42 Å². The maximum absolute atomic E-state index is 12.5. The molecule has 2 aromatic rings. The number of fused-ring (bicyclic) bond motifs is 1. The van der Waals surface area contributed by atoms with Crippen molar-refractivity contribution in [2.75, 3.05) is 26.1 Å². The Morgan fingerprint density at radius 3 is 2.82 bits per heavy atom. The SMILES string of the molecule is CCOC(=O)c1cn(CCCOC)c2cccc(N)c2c1=O. The molecule has 0 unspecified atom stereocenters. The van der Waals surface area contributed by atoms with Crippen molar-refractivity contribution in [3.05, 3.63) is 40.2 Å². The summed E-state index contributed by atoms with van der Waals surface area (Å²) in [6, 6.07) is 5.25. The molecule has 0 aliphatic rings. The molecule has 118 valence electrons. The van der Waals surface area contributed by atoms with Gasteiger partial charge >= 0.3 is 5.97 Å². The van der Waals surface area contributed by atoms with Gasteiger partial charge in [0, 0.05) is 32.1 Å². The van der Waals surface area contributed by atoms with Crippen LogP contribution in [-0.2, 0) is 16.0 Å². The number of nitrogen functional groups attached to an aromatic ring is 1. The fourth-order valence-corrected chi connectivity index (χ4v) is 2.38. The van der Waals surface area contributed by atoms with Gasteiger partial charge in [-0.1, -0.05) is 6.07 Å². The minimum Gasteiger partial charge on any atom is -0.462 e. The van der Waals surface area contributed by atoms with E-state index in [2.05, 4.69) is 0 Å². The summed E-state index contributed by atoms with van der Waals surface area (Å²) >= 11 is 0. The highest BCUT2D eigenvalue weighted by molar-refractivity contribution is 5.97.